The Kier molecular flexibility index (Phi) is 22.4. The average Bonchev–Trinajstić information content (AvgIpc) is 2.75. The molecule has 0 bridgehead atoms. The van der Waals surface area contributed by atoms with Gasteiger partial charge in [-0.05, 0) is 12.8 Å². The van der Waals surface area contributed by atoms with Crippen molar-refractivity contribution < 1.29 is 19.4 Å². The molecule has 4 nitrogen and oxygen atoms in total. The molecule has 0 aliphatic heterocycles. The summed E-state index contributed by atoms with van der Waals surface area (Å²) >= 11 is 4.23. The van der Waals surface area contributed by atoms with E-state index in [1.807, 2.05) is 0 Å². The number of carbonyl (C=O) groups is 2. The molecule has 0 rings (SSSR count). The van der Waals surface area contributed by atoms with Crippen LogP contribution >= 0.6 is 12.6 Å². The van der Waals surface area contributed by atoms with Crippen LogP contribution in [0.5, 0.6) is 0 Å². The van der Waals surface area contributed by atoms with Crippen molar-refractivity contribution in [3.05, 3.63) is 0 Å². The van der Waals surface area contributed by atoms with Gasteiger partial charge in [-0.15, -0.1) is 0 Å². The highest BCUT2D eigenvalue weighted by molar-refractivity contribution is 7.81. The zero-order valence-electron chi connectivity index (χ0n) is 19.8. The first-order chi connectivity index (χ1) is 14.6. The fourth-order valence-electron chi connectivity index (χ4n) is 3.53. The number of thiol groups is 1. The Labute approximate surface area is 191 Å². The molecule has 178 valence electrons. The van der Waals surface area contributed by atoms with Crippen LogP contribution in [0.2, 0.25) is 0 Å². The number of carbonyl (C=O) groups excluding carboxylic acids is 2. The average molecular weight is 445 g/mol. The lowest BCUT2D eigenvalue weighted by Gasteiger charge is -2.09. The first kappa shape index (κ1) is 29.3. The van der Waals surface area contributed by atoms with Gasteiger partial charge in [0.15, 0.2) is 0 Å². The van der Waals surface area contributed by atoms with Gasteiger partial charge < -0.3 is 0 Å². The van der Waals surface area contributed by atoms with Crippen LogP contribution in [0.15, 0.2) is 0 Å². The van der Waals surface area contributed by atoms with Crippen LogP contribution in [-0.4, -0.2) is 17.2 Å². The predicted octanol–water partition coefficient (Wildman–Crippen LogP) is 8.13. The van der Waals surface area contributed by atoms with Crippen LogP contribution in [0, 0.1) is 0 Å². The molecule has 1 unspecified atom stereocenters. The predicted molar refractivity (Wildman–Crippen MR) is 129 cm³/mol. The Morgan fingerprint density at radius 2 is 1.00 bits per heavy atom. The second-order valence-corrected chi connectivity index (χ2v) is 9.19. The first-order valence-electron chi connectivity index (χ1n) is 12.7. The molecule has 0 aromatic carbocycles. The van der Waals surface area contributed by atoms with Gasteiger partial charge in [-0.1, -0.05) is 123 Å². The lowest BCUT2D eigenvalue weighted by Crippen LogP contribution is -2.20. The van der Waals surface area contributed by atoms with Crippen molar-refractivity contribution in [1.29, 1.82) is 0 Å². The third-order valence-corrected chi connectivity index (χ3v) is 6.02. The summed E-state index contributed by atoms with van der Waals surface area (Å²) in [5.41, 5.74) is 0. The smallest absolute Gasteiger partial charge is 0.247 e. The van der Waals surface area contributed by atoms with Gasteiger partial charge in [0.2, 0.25) is 0 Å². The van der Waals surface area contributed by atoms with E-state index in [9.17, 15) is 9.59 Å². The van der Waals surface area contributed by atoms with Gasteiger partial charge in [-0.3, -0.25) is 0 Å². The molecule has 0 aromatic heterocycles. The molecular formula is C25H48O4S. The Bertz CT molecular complexity index is 401. The van der Waals surface area contributed by atoms with Crippen LogP contribution in [0.3, 0.4) is 0 Å². The second kappa shape index (κ2) is 23.0. The quantitative estimate of drug-likeness (QED) is 0.0840. The van der Waals surface area contributed by atoms with E-state index in [4.69, 9.17) is 0 Å². The fraction of sp³-hybridized carbons (Fsp3) is 0.920. The van der Waals surface area contributed by atoms with E-state index in [-0.39, 0.29) is 0 Å². The molecule has 0 saturated carbocycles. The minimum absolute atomic E-state index is 0.305. The summed E-state index contributed by atoms with van der Waals surface area (Å²) in [7, 11) is 0. The molecule has 5 heteroatoms. The molecule has 0 saturated heterocycles. The molecular weight excluding hydrogens is 396 g/mol. The maximum atomic E-state index is 11.7. The van der Waals surface area contributed by atoms with Crippen molar-refractivity contribution in [3.63, 3.8) is 0 Å². The van der Waals surface area contributed by atoms with Gasteiger partial charge in [-0.25, -0.2) is 19.4 Å². The van der Waals surface area contributed by atoms with Gasteiger partial charge in [0.1, 0.15) is 5.25 Å². The molecule has 0 spiro atoms. The number of hydrogen-bond donors (Lipinski definition) is 1. The molecule has 0 amide bonds. The SMILES string of the molecule is CCCCCCCCCCCCCCCCC(=O)OOC(=O)C(S)CCCCCC. The monoisotopic (exact) mass is 444 g/mol. The molecule has 0 fully saturated rings. The molecule has 0 radical (unpaired) electrons. The normalized spacial score (nSPS) is 12.0. The molecule has 0 aliphatic rings. The van der Waals surface area contributed by atoms with Crippen LogP contribution < -0.4 is 0 Å². The topological polar surface area (TPSA) is 52.6 Å². The summed E-state index contributed by atoms with van der Waals surface area (Å²) in [6, 6.07) is 0. The van der Waals surface area contributed by atoms with Crippen molar-refractivity contribution in [2.45, 2.75) is 148 Å². The van der Waals surface area contributed by atoms with Crippen molar-refractivity contribution in [3.8, 4) is 0 Å². The summed E-state index contributed by atoms with van der Waals surface area (Å²) in [4.78, 5) is 32.7. The van der Waals surface area contributed by atoms with E-state index in [0.717, 1.165) is 44.9 Å². The Morgan fingerprint density at radius 1 is 0.600 bits per heavy atom. The maximum absolute atomic E-state index is 11.7. The van der Waals surface area contributed by atoms with Gasteiger partial charge in [0, 0.05) is 0 Å². The molecule has 1 atom stereocenters. The summed E-state index contributed by atoms with van der Waals surface area (Å²) in [5, 5.41) is -0.518. The van der Waals surface area contributed by atoms with E-state index in [0.29, 0.717) is 12.8 Å². The van der Waals surface area contributed by atoms with Crippen LogP contribution in [0.25, 0.3) is 0 Å². The van der Waals surface area contributed by atoms with E-state index in [1.165, 1.54) is 70.6 Å². The highest BCUT2D eigenvalue weighted by Gasteiger charge is 2.18. The summed E-state index contributed by atoms with van der Waals surface area (Å²) < 4.78 is 0. The van der Waals surface area contributed by atoms with Crippen molar-refractivity contribution >= 4 is 24.6 Å². The van der Waals surface area contributed by atoms with Crippen molar-refractivity contribution in [1.82, 2.24) is 0 Å². The summed E-state index contributed by atoms with van der Waals surface area (Å²) in [6.07, 6.45) is 23.1. The van der Waals surface area contributed by atoms with Gasteiger partial charge >= 0.3 is 11.9 Å². The minimum Gasteiger partial charge on any atom is -0.247 e. The third-order valence-electron chi connectivity index (χ3n) is 5.55. The molecule has 0 N–H and O–H groups in total. The van der Waals surface area contributed by atoms with E-state index in [1.54, 1.807) is 0 Å². The molecule has 0 aliphatic carbocycles. The minimum atomic E-state index is -0.566. The van der Waals surface area contributed by atoms with E-state index < -0.39 is 17.2 Å². The molecule has 0 aromatic rings. The zero-order chi connectivity index (χ0) is 22.3. The van der Waals surface area contributed by atoms with Crippen LogP contribution in [-0.2, 0) is 19.4 Å². The van der Waals surface area contributed by atoms with Crippen LogP contribution in [0.4, 0.5) is 0 Å². The first-order valence-corrected chi connectivity index (χ1v) is 13.2. The Balaban J connectivity index is 3.38. The van der Waals surface area contributed by atoms with E-state index >= 15 is 0 Å². The van der Waals surface area contributed by atoms with Gasteiger partial charge in [0.05, 0.1) is 6.42 Å². The number of hydrogen-bond acceptors (Lipinski definition) is 5. The lowest BCUT2D eigenvalue weighted by molar-refractivity contribution is -0.258. The highest BCUT2D eigenvalue weighted by Crippen LogP contribution is 2.14. The van der Waals surface area contributed by atoms with Crippen LogP contribution in [0.1, 0.15) is 142 Å². The summed E-state index contributed by atoms with van der Waals surface area (Å²) in [6.45, 7) is 4.40. The lowest BCUT2D eigenvalue weighted by atomic mass is 10.0. The highest BCUT2D eigenvalue weighted by atomic mass is 32.1. The fourth-order valence-corrected chi connectivity index (χ4v) is 3.76. The van der Waals surface area contributed by atoms with Crippen molar-refractivity contribution in [2.75, 3.05) is 0 Å². The number of unbranched alkanes of at least 4 members (excludes halogenated alkanes) is 16. The standard InChI is InChI=1S/C25H48O4S/c1-3-5-7-9-10-11-12-13-14-15-16-17-18-20-22-24(26)28-29-25(27)23(30)21-19-8-6-4-2/h23,30H,3-22H2,1-2H3. The Morgan fingerprint density at radius 3 is 1.47 bits per heavy atom. The van der Waals surface area contributed by atoms with Gasteiger partial charge in [0.25, 0.3) is 0 Å². The maximum Gasteiger partial charge on any atom is 0.368 e. The summed E-state index contributed by atoms with van der Waals surface area (Å²) in [5.74, 6) is -1.03. The Hall–Kier alpha value is -0.710. The third kappa shape index (κ3) is 20.6. The number of rotatable bonds is 21. The van der Waals surface area contributed by atoms with E-state index in [2.05, 4.69) is 36.3 Å². The zero-order valence-corrected chi connectivity index (χ0v) is 20.7. The largest absolute Gasteiger partial charge is 0.368 e. The molecule has 30 heavy (non-hydrogen) atoms. The van der Waals surface area contributed by atoms with Gasteiger partial charge in [-0.2, -0.15) is 12.6 Å². The molecule has 0 heterocycles. The second-order valence-electron chi connectivity index (χ2n) is 8.57. The van der Waals surface area contributed by atoms with Crippen molar-refractivity contribution in [2.24, 2.45) is 0 Å².